The van der Waals surface area contributed by atoms with Crippen LogP contribution in [-0.2, 0) is 11.3 Å². The van der Waals surface area contributed by atoms with Crippen molar-refractivity contribution in [1.29, 1.82) is 0 Å². The molecule has 0 aliphatic carbocycles. The summed E-state index contributed by atoms with van der Waals surface area (Å²) in [7, 11) is 0. The molecule has 0 spiro atoms. The predicted octanol–water partition coefficient (Wildman–Crippen LogP) is 4.93. The molecule has 0 N–H and O–H groups in total. The number of unbranched alkanes of at least 4 members (excludes halogenated alkanes) is 1. The molecule has 2 aromatic rings. The van der Waals surface area contributed by atoms with Gasteiger partial charge in [0.05, 0.1) is 22.9 Å². The fourth-order valence-corrected chi connectivity index (χ4v) is 4.27. The summed E-state index contributed by atoms with van der Waals surface area (Å²) in [5, 5.41) is 19.7. The maximum absolute atomic E-state index is 13.0. The lowest BCUT2D eigenvalue weighted by molar-refractivity contribution is -0.384. The van der Waals surface area contributed by atoms with E-state index in [1.165, 1.54) is 30.1 Å². The molecule has 30 heavy (non-hydrogen) atoms. The SMILES string of the molecule is CCCCC1S/C(=N/N=C/c2cccc([N+](=O)[O-])c2)N(Cc2ccccc2C)C1=O. The van der Waals surface area contributed by atoms with Crippen LogP contribution in [0.25, 0.3) is 0 Å². The summed E-state index contributed by atoms with van der Waals surface area (Å²) in [6.45, 7) is 4.58. The largest absolute Gasteiger partial charge is 0.284 e. The average molecular weight is 425 g/mol. The van der Waals surface area contributed by atoms with E-state index in [2.05, 4.69) is 17.1 Å². The second-order valence-corrected chi connectivity index (χ2v) is 8.25. The van der Waals surface area contributed by atoms with Gasteiger partial charge < -0.3 is 0 Å². The third-order valence-corrected chi connectivity index (χ3v) is 6.10. The molecule has 1 aliphatic rings. The molecule has 3 rings (SSSR count). The lowest BCUT2D eigenvalue weighted by atomic mass is 10.1. The number of nitro groups is 1. The minimum absolute atomic E-state index is 0.00201. The number of amidine groups is 1. The van der Waals surface area contributed by atoms with E-state index in [9.17, 15) is 14.9 Å². The quantitative estimate of drug-likeness (QED) is 0.341. The van der Waals surface area contributed by atoms with Crippen molar-refractivity contribution >= 4 is 34.7 Å². The Balaban J connectivity index is 1.83. The van der Waals surface area contributed by atoms with Gasteiger partial charge in [-0.05, 0) is 24.5 Å². The molecule has 1 aliphatic heterocycles. The first-order valence-corrected chi connectivity index (χ1v) is 10.8. The minimum atomic E-state index is -0.447. The maximum Gasteiger partial charge on any atom is 0.270 e. The van der Waals surface area contributed by atoms with Crippen LogP contribution in [0, 0.1) is 17.0 Å². The molecule has 0 saturated carbocycles. The van der Waals surface area contributed by atoms with E-state index in [0.29, 0.717) is 17.3 Å². The maximum atomic E-state index is 13.0. The Hall–Kier alpha value is -3.00. The summed E-state index contributed by atoms with van der Waals surface area (Å²) in [4.78, 5) is 25.2. The molecule has 2 aromatic carbocycles. The number of nitrogens with zero attached hydrogens (tertiary/aromatic N) is 4. The second-order valence-electron chi connectivity index (χ2n) is 7.08. The lowest BCUT2D eigenvalue weighted by Gasteiger charge is -2.17. The van der Waals surface area contributed by atoms with Crippen LogP contribution in [0.15, 0.2) is 58.7 Å². The Bertz CT molecular complexity index is 990. The smallest absolute Gasteiger partial charge is 0.270 e. The summed E-state index contributed by atoms with van der Waals surface area (Å²) in [5.41, 5.74) is 2.76. The van der Waals surface area contributed by atoms with Gasteiger partial charge in [0, 0.05) is 17.7 Å². The van der Waals surface area contributed by atoms with Crippen LogP contribution in [0.4, 0.5) is 5.69 Å². The van der Waals surface area contributed by atoms with Crippen LogP contribution in [0.3, 0.4) is 0 Å². The van der Waals surface area contributed by atoms with Gasteiger partial charge in [0.25, 0.3) is 5.69 Å². The summed E-state index contributed by atoms with van der Waals surface area (Å²) in [6, 6.07) is 14.2. The Kier molecular flexibility index (Phi) is 7.35. The fourth-order valence-electron chi connectivity index (χ4n) is 3.13. The van der Waals surface area contributed by atoms with E-state index in [4.69, 9.17) is 0 Å². The summed E-state index contributed by atoms with van der Waals surface area (Å²) < 4.78 is 0. The van der Waals surface area contributed by atoms with Crippen LogP contribution < -0.4 is 0 Å². The number of thioether (sulfide) groups is 1. The fraction of sp³-hybridized carbons (Fsp3) is 0.318. The summed E-state index contributed by atoms with van der Waals surface area (Å²) in [5.74, 6) is 0.0565. The zero-order valence-corrected chi connectivity index (χ0v) is 17.8. The lowest BCUT2D eigenvalue weighted by Crippen LogP contribution is -2.31. The molecular formula is C22H24N4O3S. The first-order valence-electron chi connectivity index (χ1n) is 9.87. The molecule has 0 bridgehead atoms. The highest BCUT2D eigenvalue weighted by Crippen LogP contribution is 2.32. The van der Waals surface area contributed by atoms with Crippen molar-refractivity contribution in [2.24, 2.45) is 10.2 Å². The zero-order valence-electron chi connectivity index (χ0n) is 17.0. The van der Waals surface area contributed by atoms with Gasteiger partial charge in [0.1, 0.15) is 0 Å². The van der Waals surface area contributed by atoms with Crippen molar-refractivity contribution in [2.75, 3.05) is 0 Å². The number of aryl methyl sites for hydroxylation is 1. The first-order chi connectivity index (χ1) is 14.5. The number of amides is 1. The number of nitro benzene ring substituents is 1. The van der Waals surface area contributed by atoms with E-state index in [-0.39, 0.29) is 16.8 Å². The van der Waals surface area contributed by atoms with Gasteiger partial charge >= 0.3 is 0 Å². The molecule has 0 aromatic heterocycles. The van der Waals surface area contributed by atoms with Gasteiger partial charge in [-0.15, -0.1) is 5.10 Å². The Labute approximate surface area is 180 Å². The summed E-state index contributed by atoms with van der Waals surface area (Å²) in [6.07, 6.45) is 4.28. The highest BCUT2D eigenvalue weighted by atomic mass is 32.2. The highest BCUT2D eigenvalue weighted by Gasteiger charge is 2.37. The third kappa shape index (κ3) is 5.33. The standard InChI is InChI=1S/C22H24N4O3S/c1-3-4-12-20-21(27)25(15-18-10-6-5-8-16(18)2)22(30-20)24-23-14-17-9-7-11-19(13-17)26(28)29/h5-11,13-14,20H,3-4,12,15H2,1-2H3/b23-14+,24-22+. The van der Waals surface area contributed by atoms with Gasteiger partial charge in [0.2, 0.25) is 5.91 Å². The third-order valence-electron chi connectivity index (χ3n) is 4.86. The topological polar surface area (TPSA) is 88.2 Å². The average Bonchev–Trinajstić information content (AvgIpc) is 3.03. The van der Waals surface area contributed by atoms with Crippen molar-refractivity contribution in [2.45, 2.75) is 44.9 Å². The van der Waals surface area contributed by atoms with Crippen molar-refractivity contribution in [3.8, 4) is 0 Å². The van der Waals surface area contributed by atoms with E-state index in [0.717, 1.165) is 30.4 Å². The van der Waals surface area contributed by atoms with Crippen LogP contribution >= 0.6 is 11.8 Å². The molecule has 1 unspecified atom stereocenters. The molecule has 156 valence electrons. The zero-order chi connectivity index (χ0) is 21.5. The molecule has 0 radical (unpaired) electrons. The van der Waals surface area contributed by atoms with Crippen LogP contribution in [0.2, 0.25) is 0 Å². The second kappa shape index (κ2) is 10.2. The molecular weight excluding hydrogens is 400 g/mol. The van der Waals surface area contributed by atoms with E-state index in [1.54, 1.807) is 17.0 Å². The summed E-state index contributed by atoms with van der Waals surface area (Å²) >= 11 is 1.44. The molecule has 1 heterocycles. The molecule has 8 heteroatoms. The van der Waals surface area contributed by atoms with Crippen molar-refractivity contribution in [3.05, 3.63) is 75.3 Å². The molecule has 1 atom stereocenters. The molecule has 7 nitrogen and oxygen atoms in total. The van der Waals surface area contributed by atoms with Gasteiger partial charge in [-0.25, -0.2) is 0 Å². The first kappa shape index (κ1) is 21.7. The van der Waals surface area contributed by atoms with Crippen molar-refractivity contribution < 1.29 is 9.72 Å². The number of hydrogen-bond donors (Lipinski definition) is 0. The number of carbonyl (C=O) groups is 1. The van der Waals surface area contributed by atoms with E-state index in [1.807, 2.05) is 31.2 Å². The van der Waals surface area contributed by atoms with Crippen molar-refractivity contribution in [1.82, 2.24) is 4.90 Å². The minimum Gasteiger partial charge on any atom is -0.284 e. The van der Waals surface area contributed by atoms with E-state index >= 15 is 0 Å². The molecule has 1 fully saturated rings. The van der Waals surface area contributed by atoms with Gasteiger partial charge in [-0.3, -0.25) is 19.8 Å². The van der Waals surface area contributed by atoms with Crippen LogP contribution in [0.1, 0.15) is 42.9 Å². The van der Waals surface area contributed by atoms with Gasteiger partial charge in [-0.2, -0.15) is 5.10 Å². The van der Waals surface area contributed by atoms with Crippen LogP contribution in [0.5, 0.6) is 0 Å². The number of rotatable bonds is 8. The van der Waals surface area contributed by atoms with Gasteiger partial charge in [0.15, 0.2) is 5.17 Å². The number of benzene rings is 2. The Morgan fingerprint density at radius 2 is 2.03 bits per heavy atom. The van der Waals surface area contributed by atoms with Crippen molar-refractivity contribution in [3.63, 3.8) is 0 Å². The van der Waals surface area contributed by atoms with Crippen LogP contribution in [-0.4, -0.2) is 32.4 Å². The Morgan fingerprint density at radius 3 is 2.77 bits per heavy atom. The number of carbonyl (C=O) groups excluding carboxylic acids is 1. The highest BCUT2D eigenvalue weighted by molar-refractivity contribution is 8.15. The van der Waals surface area contributed by atoms with E-state index < -0.39 is 4.92 Å². The number of hydrogen-bond acceptors (Lipinski definition) is 6. The Morgan fingerprint density at radius 1 is 1.23 bits per heavy atom. The number of non-ortho nitro benzene ring substituents is 1. The monoisotopic (exact) mass is 424 g/mol. The predicted molar refractivity (Wildman–Crippen MR) is 121 cm³/mol. The molecule has 1 saturated heterocycles. The molecule has 1 amide bonds. The normalized spacial score (nSPS) is 17.9. The van der Waals surface area contributed by atoms with Gasteiger partial charge in [-0.1, -0.05) is 67.9 Å².